The van der Waals surface area contributed by atoms with Crippen molar-refractivity contribution >= 4 is 11.7 Å². The van der Waals surface area contributed by atoms with Gasteiger partial charge in [-0.3, -0.25) is 14.6 Å². The van der Waals surface area contributed by atoms with Crippen LogP contribution in [0.3, 0.4) is 0 Å². The number of rotatable bonds is 8. The van der Waals surface area contributed by atoms with Crippen LogP contribution in [-0.2, 0) is 4.79 Å². The monoisotopic (exact) mass is 250 g/mol. The highest BCUT2D eigenvalue weighted by molar-refractivity contribution is 5.94. The average molecular weight is 250 g/mol. The molecular formula is C13H18N2O3. The van der Waals surface area contributed by atoms with Crippen molar-refractivity contribution in [3.8, 4) is 0 Å². The van der Waals surface area contributed by atoms with Crippen LogP contribution in [0, 0.1) is 0 Å². The molecule has 0 radical (unpaired) electrons. The number of nitrogens with two attached hydrogens (primary N) is 1. The molecular weight excluding hydrogens is 232 g/mol. The van der Waals surface area contributed by atoms with Gasteiger partial charge in [-0.05, 0) is 25.0 Å². The van der Waals surface area contributed by atoms with Crippen LogP contribution in [0.2, 0.25) is 0 Å². The van der Waals surface area contributed by atoms with Gasteiger partial charge in [-0.1, -0.05) is 18.9 Å². The maximum Gasteiger partial charge on any atom is 0.246 e. The summed E-state index contributed by atoms with van der Waals surface area (Å²) in [6.07, 6.45) is 3.49. The molecule has 1 aromatic heterocycles. The number of hydrogen-bond acceptors (Lipinski definition) is 4. The molecule has 0 aromatic carbocycles. The minimum atomic E-state index is -1.07. The maximum absolute atomic E-state index is 11.7. The molecule has 98 valence electrons. The molecule has 18 heavy (non-hydrogen) atoms. The lowest BCUT2D eigenvalue weighted by atomic mass is 10.1. The summed E-state index contributed by atoms with van der Waals surface area (Å²) in [5.41, 5.74) is 5.40. The van der Waals surface area contributed by atoms with Gasteiger partial charge in [0.1, 0.15) is 11.8 Å². The van der Waals surface area contributed by atoms with Crippen molar-refractivity contribution in [2.24, 2.45) is 5.73 Å². The number of aromatic nitrogens is 1. The summed E-state index contributed by atoms with van der Waals surface area (Å²) in [4.78, 5) is 26.2. The van der Waals surface area contributed by atoms with E-state index in [1.165, 1.54) is 0 Å². The molecule has 0 spiro atoms. The van der Waals surface area contributed by atoms with Crippen molar-refractivity contribution in [1.82, 2.24) is 4.98 Å². The second-order valence-corrected chi connectivity index (χ2v) is 4.16. The lowest BCUT2D eigenvalue weighted by molar-refractivity contribution is -0.126. The number of pyridine rings is 1. The maximum atomic E-state index is 11.7. The number of aliphatic hydroxyl groups is 1. The molecule has 0 aliphatic rings. The summed E-state index contributed by atoms with van der Waals surface area (Å²) in [5.74, 6) is -0.675. The van der Waals surface area contributed by atoms with E-state index in [0.29, 0.717) is 25.0 Å². The zero-order valence-corrected chi connectivity index (χ0v) is 10.2. The van der Waals surface area contributed by atoms with E-state index in [0.717, 1.165) is 12.8 Å². The average Bonchev–Trinajstić information content (AvgIpc) is 2.38. The SMILES string of the molecule is NC(=O)C(O)CCCCCC(=O)c1ccccn1. The quantitative estimate of drug-likeness (QED) is 0.533. The first-order valence-electron chi connectivity index (χ1n) is 6.03. The molecule has 1 unspecified atom stereocenters. The van der Waals surface area contributed by atoms with Crippen molar-refractivity contribution in [3.05, 3.63) is 30.1 Å². The molecule has 0 bridgehead atoms. The highest BCUT2D eigenvalue weighted by Gasteiger charge is 2.10. The second kappa shape index (κ2) is 7.55. The van der Waals surface area contributed by atoms with Crippen molar-refractivity contribution in [1.29, 1.82) is 0 Å². The third kappa shape index (κ3) is 5.05. The second-order valence-electron chi connectivity index (χ2n) is 4.16. The van der Waals surface area contributed by atoms with Crippen LogP contribution in [0.4, 0.5) is 0 Å². The van der Waals surface area contributed by atoms with E-state index >= 15 is 0 Å². The molecule has 0 aliphatic heterocycles. The first-order chi connectivity index (χ1) is 8.61. The Labute approximate surface area is 106 Å². The van der Waals surface area contributed by atoms with Gasteiger partial charge in [-0.25, -0.2) is 0 Å². The molecule has 0 saturated carbocycles. The van der Waals surface area contributed by atoms with Crippen molar-refractivity contribution < 1.29 is 14.7 Å². The van der Waals surface area contributed by atoms with Crippen LogP contribution in [-0.4, -0.2) is 27.9 Å². The fourth-order valence-electron chi connectivity index (χ4n) is 1.60. The van der Waals surface area contributed by atoms with Crippen LogP contribution in [0.5, 0.6) is 0 Å². The van der Waals surface area contributed by atoms with Gasteiger partial charge >= 0.3 is 0 Å². The summed E-state index contributed by atoms with van der Waals surface area (Å²) >= 11 is 0. The summed E-state index contributed by atoms with van der Waals surface area (Å²) in [5, 5.41) is 9.16. The van der Waals surface area contributed by atoms with Gasteiger partial charge in [-0.15, -0.1) is 0 Å². The molecule has 3 N–H and O–H groups in total. The van der Waals surface area contributed by atoms with E-state index in [2.05, 4.69) is 4.98 Å². The van der Waals surface area contributed by atoms with Crippen LogP contribution in [0.1, 0.15) is 42.6 Å². The number of amides is 1. The van der Waals surface area contributed by atoms with Crippen LogP contribution in [0.25, 0.3) is 0 Å². The molecule has 5 heteroatoms. The Morgan fingerprint density at radius 2 is 2.06 bits per heavy atom. The number of aliphatic hydroxyl groups excluding tert-OH is 1. The number of hydrogen-bond donors (Lipinski definition) is 2. The first-order valence-corrected chi connectivity index (χ1v) is 6.03. The lowest BCUT2D eigenvalue weighted by Gasteiger charge is -2.05. The summed E-state index contributed by atoms with van der Waals surface area (Å²) in [7, 11) is 0. The summed E-state index contributed by atoms with van der Waals surface area (Å²) in [6.45, 7) is 0. The highest BCUT2D eigenvalue weighted by atomic mass is 16.3. The fraction of sp³-hybridized carbons (Fsp3) is 0.462. The summed E-state index contributed by atoms with van der Waals surface area (Å²) < 4.78 is 0. The van der Waals surface area contributed by atoms with Gasteiger partial charge in [0.15, 0.2) is 5.78 Å². The van der Waals surface area contributed by atoms with Crippen molar-refractivity contribution in [3.63, 3.8) is 0 Å². The Balaban J connectivity index is 2.15. The molecule has 1 heterocycles. The first kappa shape index (κ1) is 14.3. The fourth-order valence-corrected chi connectivity index (χ4v) is 1.60. The standard InChI is InChI=1S/C13H18N2O3/c14-13(18)12(17)8-3-1-2-7-11(16)10-6-4-5-9-15-10/h4-6,9,12,17H,1-3,7-8H2,(H2,14,18). The number of Topliss-reactive ketones (excluding diaryl/α,β-unsaturated/α-hetero) is 1. The van der Waals surface area contributed by atoms with Gasteiger partial charge in [0.05, 0.1) is 0 Å². The number of carbonyl (C=O) groups excluding carboxylic acids is 2. The van der Waals surface area contributed by atoms with E-state index in [4.69, 9.17) is 10.8 Å². The third-order valence-electron chi connectivity index (χ3n) is 2.66. The Hall–Kier alpha value is -1.75. The number of unbranched alkanes of at least 4 members (excludes halogenated alkanes) is 2. The highest BCUT2D eigenvalue weighted by Crippen LogP contribution is 2.08. The van der Waals surface area contributed by atoms with E-state index in [9.17, 15) is 9.59 Å². The van der Waals surface area contributed by atoms with E-state index in [1.54, 1.807) is 24.4 Å². The van der Waals surface area contributed by atoms with Crippen LogP contribution < -0.4 is 5.73 Å². The smallest absolute Gasteiger partial charge is 0.246 e. The normalized spacial score (nSPS) is 12.1. The summed E-state index contributed by atoms with van der Waals surface area (Å²) in [6, 6.07) is 5.24. The largest absolute Gasteiger partial charge is 0.383 e. The van der Waals surface area contributed by atoms with E-state index < -0.39 is 12.0 Å². The Morgan fingerprint density at radius 3 is 2.67 bits per heavy atom. The lowest BCUT2D eigenvalue weighted by Crippen LogP contribution is -2.27. The van der Waals surface area contributed by atoms with E-state index in [1.807, 2.05) is 0 Å². The van der Waals surface area contributed by atoms with Gasteiger partial charge in [0, 0.05) is 12.6 Å². The number of carbonyl (C=O) groups is 2. The molecule has 1 rings (SSSR count). The predicted molar refractivity (Wildman–Crippen MR) is 66.9 cm³/mol. The van der Waals surface area contributed by atoms with Crippen molar-refractivity contribution in [2.45, 2.75) is 38.2 Å². The van der Waals surface area contributed by atoms with Crippen LogP contribution >= 0.6 is 0 Å². The minimum absolute atomic E-state index is 0.0195. The number of ketones is 1. The van der Waals surface area contributed by atoms with Gasteiger partial charge in [0.2, 0.25) is 5.91 Å². The number of nitrogens with zero attached hydrogens (tertiary/aromatic N) is 1. The molecule has 1 atom stereocenters. The topological polar surface area (TPSA) is 93.3 Å². The zero-order chi connectivity index (χ0) is 13.4. The Morgan fingerprint density at radius 1 is 1.28 bits per heavy atom. The predicted octanol–water partition coefficient (Wildman–Crippen LogP) is 1.06. The minimum Gasteiger partial charge on any atom is -0.383 e. The third-order valence-corrected chi connectivity index (χ3v) is 2.66. The zero-order valence-electron chi connectivity index (χ0n) is 10.2. The van der Waals surface area contributed by atoms with Gasteiger partial charge in [0.25, 0.3) is 0 Å². The van der Waals surface area contributed by atoms with Gasteiger partial charge < -0.3 is 10.8 Å². The Kier molecular flexibility index (Phi) is 6.00. The van der Waals surface area contributed by atoms with Crippen LogP contribution in [0.15, 0.2) is 24.4 Å². The molecule has 0 fully saturated rings. The van der Waals surface area contributed by atoms with Crippen molar-refractivity contribution in [2.75, 3.05) is 0 Å². The van der Waals surface area contributed by atoms with Gasteiger partial charge in [-0.2, -0.15) is 0 Å². The molecule has 5 nitrogen and oxygen atoms in total. The molecule has 1 amide bonds. The Bertz CT molecular complexity index is 392. The molecule has 0 saturated heterocycles. The van der Waals surface area contributed by atoms with E-state index in [-0.39, 0.29) is 5.78 Å². The molecule has 0 aliphatic carbocycles. The molecule has 1 aromatic rings. The number of primary amides is 1.